The number of hydrogen-bond acceptors (Lipinski definition) is 6. The minimum absolute atomic E-state index is 0.0485. The molecule has 1 aliphatic heterocycles. The molecule has 0 unspecified atom stereocenters. The average molecular weight is 296 g/mol. The highest BCUT2D eigenvalue weighted by Gasteiger charge is 2.21. The second kappa shape index (κ2) is 4.78. The lowest BCUT2D eigenvalue weighted by atomic mass is 10.3. The highest BCUT2D eigenvalue weighted by Crippen LogP contribution is 2.23. The summed E-state index contributed by atoms with van der Waals surface area (Å²) in [6, 6.07) is 1.46. The van der Waals surface area contributed by atoms with Gasteiger partial charge in [-0.15, -0.1) is 11.3 Å². The summed E-state index contributed by atoms with van der Waals surface area (Å²) >= 11 is 2.58. The second-order valence-corrected chi connectivity index (χ2v) is 6.09. The fraction of sp³-hybridized carbons (Fsp3) is 0.364. The number of rotatable bonds is 1. The first-order chi connectivity index (χ1) is 9.15. The van der Waals surface area contributed by atoms with E-state index < -0.39 is 6.03 Å². The van der Waals surface area contributed by atoms with Gasteiger partial charge in [0.05, 0.1) is 5.52 Å². The summed E-state index contributed by atoms with van der Waals surface area (Å²) in [5, 5.41) is 2.60. The van der Waals surface area contributed by atoms with Crippen molar-refractivity contribution in [1.29, 1.82) is 0 Å². The van der Waals surface area contributed by atoms with Crippen molar-refractivity contribution in [3.8, 4) is 0 Å². The molecule has 6 nitrogen and oxygen atoms in total. The van der Waals surface area contributed by atoms with Gasteiger partial charge in [0.15, 0.2) is 5.13 Å². The van der Waals surface area contributed by atoms with E-state index in [9.17, 15) is 9.59 Å². The molecule has 0 bridgehead atoms. The molecule has 0 spiro atoms. The molecule has 3 rings (SSSR count). The molecular formula is C11H12N4O2S2. The Morgan fingerprint density at radius 1 is 1.32 bits per heavy atom. The number of fused-ring (bicyclic) bond motifs is 1. The van der Waals surface area contributed by atoms with Gasteiger partial charge in [0.1, 0.15) is 4.70 Å². The summed E-state index contributed by atoms with van der Waals surface area (Å²) in [5.74, 6) is 0. The zero-order valence-electron chi connectivity index (χ0n) is 10.0. The van der Waals surface area contributed by atoms with E-state index in [2.05, 4.69) is 4.98 Å². The lowest BCUT2D eigenvalue weighted by molar-refractivity contribution is 0.204. The van der Waals surface area contributed by atoms with Gasteiger partial charge in [0.25, 0.3) is 4.74 Å². The van der Waals surface area contributed by atoms with Gasteiger partial charge in [-0.3, -0.25) is 4.79 Å². The number of hydrogen-bond donors (Lipinski definition) is 1. The van der Waals surface area contributed by atoms with Crippen LogP contribution in [0.5, 0.6) is 0 Å². The van der Waals surface area contributed by atoms with Crippen LogP contribution in [0.1, 0.15) is 0 Å². The van der Waals surface area contributed by atoms with E-state index >= 15 is 0 Å². The first kappa shape index (κ1) is 12.4. The molecule has 2 N–H and O–H groups in total. The third-order valence-corrected chi connectivity index (χ3v) is 5.04. The number of nitrogens with two attached hydrogens (primary N) is 1. The highest BCUT2D eigenvalue weighted by molar-refractivity contribution is 7.21. The van der Waals surface area contributed by atoms with Gasteiger partial charge in [0, 0.05) is 26.2 Å². The molecule has 100 valence electrons. The Balaban J connectivity index is 1.85. The summed E-state index contributed by atoms with van der Waals surface area (Å²) in [6.45, 7) is 2.45. The van der Waals surface area contributed by atoms with Gasteiger partial charge in [-0.05, 0) is 11.4 Å². The number of anilines is 1. The maximum atomic E-state index is 12.0. The number of piperazine rings is 1. The number of nitrogens with zero attached hydrogens (tertiary/aromatic N) is 3. The molecular weight excluding hydrogens is 284 g/mol. The smallest absolute Gasteiger partial charge is 0.314 e. The molecule has 19 heavy (non-hydrogen) atoms. The van der Waals surface area contributed by atoms with E-state index in [1.807, 2.05) is 16.3 Å². The number of urea groups is 1. The third kappa shape index (κ3) is 2.28. The van der Waals surface area contributed by atoms with Crippen molar-refractivity contribution in [2.24, 2.45) is 5.73 Å². The number of aromatic nitrogens is 1. The number of carbonyl (C=O) groups is 1. The molecule has 0 radical (unpaired) electrons. The monoisotopic (exact) mass is 296 g/mol. The lowest BCUT2D eigenvalue weighted by Crippen LogP contribution is -2.50. The van der Waals surface area contributed by atoms with Gasteiger partial charge in [-0.25, -0.2) is 9.78 Å². The first-order valence-electron chi connectivity index (χ1n) is 5.83. The predicted molar refractivity (Wildman–Crippen MR) is 77.1 cm³/mol. The summed E-state index contributed by atoms with van der Waals surface area (Å²) in [7, 11) is 0. The quantitative estimate of drug-likeness (QED) is 0.848. The second-order valence-electron chi connectivity index (χ2n) is 4.23. The average Bonchev–Trinajstić information content (AvgIpc) is 2.87. The molecule has 2 amide bonds. The van der Waals surface area contributed by atoms with Gasteiger partial charge in [0.2, 0.25) is 0 Å². The molecule has 1 saturated heterocycles. The summed E-state index contributed by atoms with van der Waals surface area (Å²) < 4.78 is 0.761. The standard InChI is InChI=1S/C11H12N4O2S2/c12-10(17)14-2-4-15(5-3-14)11-13-7-1-6-18-8(7)9(16)19-11/h1,6H,2-5H2,(H2,12,17). The third-order valence-electron chi connectivity index (χ3n) is 3.09. The summed E-state index contributed by atoms with van der Waals surface area (Å²) in [5.41, 5.74) is 5.99. The maximum Gasteiger partial charge on any atom is 0.314 e. The Hall–Kier alpha value is -1.67. The first-order valence-corrected chi connectivity index (χ1v) is 7.52. The molecule has 0 aliphatic carbocycles. The van der Waals surface area contributed by atoms with E-state index in [-0.39, 0.29) is 4.74 Å². The molecule has 8 heteroatoms. The van der Waals surface area contributed by atoms with Crippen LogP contribution in [0, 0.1) is 0 Å². The Labute approximate surface area is 117 Å². The molecule has 0 atom stereocenters. The fourth-order valence-electron chi connectivity index (χ4n) is 2.05. The number of amides is 2. The summed E-state index contributed by atoms with van der Waals surface area (Å²) in [6.07, 6.45) is 0. The molecule has 0 saturated carbocycles. The van der Waals surface area contributed by atoms with Crippen molar-refractivity contribution in [3.05, 3.63) is 21.0 Å². The molecule has 2 aromatic heterocycles. The maximum absolute atomic E-state index is 12.0. The van der Waals surface area contributed by atoms with Crippen LogP contribution < -0.4 is 15.4 Å². The number of carbonyl (C=O) groups excluding carboxylic acids is 1. The highest BCUT2D eigenvalue weighted by atomic mass is 32.1. The SMILES string of the molecule is NC(=O)N1CCN(c2nc3ccsc3c(=O)s2)CC1. The Morgan fingerprint density at radius 2 is 2.05 bits per heavy atom. The van der Waals surface area contributed by atoms with Gasteiger partial charge < -0.3 is 15.5 Å². The number of thiophene rings is 1. The van der Waals surface area contributed by atoms with Crippen molar-refractivity contribution in [2.75, 3.05) is 31.1 Å². The van der Waals surface area contributed by atoms with E-state index in [0.29, 0.717) is 30.9 Å². The van der Waals surface area contributed by atoms with Crippen LogP contribution >= 0.6 is 22.7 Å². The van der Waals surface area contributed by atoms with Crippen LogP contribution in [0.25, 0.3) is 10.2 Å². The summed E-state index contributed by atoms with van der Waals surface area (Å²) in [4.78, 5) is 31.2. The molecule has 0 aromatic carbocycles. The molecule has 3 heterocycles. The van der Waals surface area contributed by atoms with E-state index in [1.165, 1.54) is 11.3 Å². The van der Waals surface area contributed by atoms with Crippen LogP contribution in [0.3, 0.4) is 0 Å². The Morgan fingerprint density at radius 3 is 2.74 bits per heavy atom. The van der Waals surface area contributed by atoms with Gasteiger partial charge in [-0.1, -0.05) is 11.3 Å². The predicted octanol–water partition coefficient (Wildman–Crippen LogP) is 0.919. The van der Waals surface area contributed by atoms with Crippen LogP contribution in [0.2, 0.25) is 0 Å². The van der Waals surface area contributed by atoms with Crippen LogP contribution in [0.4, 0.5) is 9.93 Å². The normalized spacial score (nSPS) is 16.0. The van der Waals surface area contributed by atoms with Crippen molar-refractivity contribution < 1.29 is 4.79 Å². The largest absolute Gasteiger partial charge is 0.351 e. The zero-order valence-corrected chi connectivity index (χ0v) is 11.7. The Bertz CT molecular complexity index is 673. The molecule has 2 aromatic rings. The number of primary amides is 1. The zero-order chi connectivity index (χ0) is 13.4. The van der Waals surface area contributed by atoms with Crippen molar-refractivity contribution in [2.45, 2.75) is 0 Å². The van der Waals surface area contributed by atoms with Gasteiger partial charge >= 0.3 is 6.03 Å². The van der Waals surface area contributed by atoms with E-state index in [0.717, 1.165) is 22.0 Å². The van der Waals surface area contributed by atoms with Crippen molar-refractivity contribution in [3.63, 3.8) is 0 Å². The van der Waals surface area contributed by atoms with Crippen LogP contribution in [-0.4, -0.2) is 42.1 Å². The van der Waals surface area contributed by atoms with Gasteiger partial charge in [-0.2, -0.15) is 0 Å². The Kier molecular flexibility index (Phi) is 3.11. The minimum atomic E-state index is -0.394. The van der Waals surface area contributed by atoms with Crippen LogP contribution in [0.15, 0.2) is 16.2 Å². The minimum Gasteiger partial charge on any atom is -0.351 e. The van der Waals surface area contributed by atoms with Crippen LogP contribution in [-0.2, 0) is 0 Å². The van der Waals surface area contributed by atoms with Crippen molar-refractivity contribution >= 4 is 44.1 Å². The van der Waals surface area contributed by atoms with E-state index in [4.69, 9.17) is 5.73 Å². The molecule has 1 fully saturated rings. The fourth-order valence-corrected chi connectivity index (χ4v) is 3.80. The van der Waals surface area contributed by atoms with Crippen molar-refractivity contribution in [1.82, 2.24) is 9.88 Å². The topological polar surface area (TPSA) is 79.5 Å². The lowest BCUT2D eigenvalue weighted by Gasteiger charge is -2.33. The van der Waals surface area contributed by atoms with E-state index in [1.54, 1.807) is 4.90 Å². The molecule has 1 aliphatic rings.